The Morgan fingerprint density at radius 3 is 2.67 bits per heavy atom. The van der Waals surface area contributed by atoms with Gasteiger partial charge in [-0.05, 0) is 71.8 Å². The van der Waals surface area contributed by atoms with Crippen LogP contribution in [0.3, 0.4) is 0 Å². The van der Waals surface area contributed by atoms with E-state index in [1.807, 2.05) is 6.92 Å². The van der Waals surface area contributed by atoms with E-state index in [-0.39, 0.29) is 11.7 Å². The van der Waals surface area contributed by atoms with Gasteiger partial charge in [-0.1, -0.05) is 6.92 Å². The van der Waals surface area contributed by atoms with E-state index in [9.17, 15) is 9.18 Å². The quantitative estimate of drug-likeness (QED) is 0.654. The van der Waals surface area contributed by atoms with Gasteiger partial charge < -0.3 is 14.8 Å². The molecule has 2 rings (SSSR count). The molecule has 2 aromatic carbocycles. The van der Waals surface area contributed by atoms with Crippen LogP contribution in [0.25, 0.3) is 0 Å². The molecule has 0 radical (unpaired) electrons. The van der Waals surface area contributed by atoms with E-state index in [1.165, 1.54) is 19.2 Å². The van der Waals surface area contributed by atoms with Gasteiger partial charge in [-0.25, -0.2) is 4.39 Å². The number of anilines is 1. The van der Waals surface area contributed by atoms with E-state index in [4.69, 9.17) is 9.47 Å². The third-order valence-corrected chi connectivity index (χ3v) is 4.16. The average molecular weight is 443 g/mol. The molecule has 0 aliphatic heterocycles. The van der Waals surface area contributed by atoms with Crippen LogP contribution in [0.1, 0.15) is 29.3 Å². The van der Waals surface area contributed by atoms with Crippen LogP contribution in [0.2, 0.25) is 0 Å². The van der Waals surface area contributed by atoms with Gasteiger partial charge in [0.2, 0.25) is 0 Å². The van der Waals surface area contributed by atoms with Gasteiger partial charge in [0.15, 0.2) is 11.5 Å². The van der Waals surface area contributed by atoms with Crippen LogP contribution in [0.15, 0.2) is 30.3 Å². The largest absolute Gasteiger partial charge is 0.493 e. The maximum atomic E-state index is 13.3. The Morgan fingerprint density at radius 1 is 1.29 bits per heavy atom. The van der Waals surface area contributed by atoms with Gasteiger partial charge >= 0.3 is 0 Å². The fourth-order valence-corrected chi connectivity index (χ4v) is 2.88. The van der Waals surface area contributed by atoms with Crippen LogP contribution >= 0.6 is 22.6 Å². The molecule has 0 saturated carbocycles. The number of carbonyl (C=O) groups is 1. The third kappa shape index (κ3) is 4.37. The monoisotopic (exact) mass is 443 g/mol. The number of rotatable bonds is 6. The van der Waals surface area contributed by atoms with Crippen LogP contribution in [-0.4, -0.2) is 19.6 Å². The normalized spacial score (nSPS) is 10.4. The summed E-state index contributed by atoms with van der Waals surface area (Å²) in [5.74, 6) is 0.547. The minimum Gasteiger partial charge on any atom is -0.493 e. The van der Waals surface area contributed by atoms with Gasteiger partial charge in [-0.2, -0.15) is 0 Å². The zero-order valence-electron chi connectivity index (χ0n) is 13.8. The molecule has 1 amide bonds. The Bertz CT molecular complexity index is 749. The summed E-state index contributed by atoms with van der Waals surface area (Å²) in [6.45, 7) is 4.25. The maximum Gasteiger partial charge on any atom is 0.255 e. The predicted octanol–water partition coefficient (Wildman–Crippen LogP) is 4.79. The highest BCUT2D eigenvalue weighted by Crippen LogP contribution is 2.34. The summed E-state index contributed by atoms with van der Waals surface area (Å²) >= 11 is 2.11. The highest BCUT2D eigenvalue weighted by Gasteiger charge is 2.16. The van der Waals surface area contributed by atoms with Crippen molar-refractivity contribution < 1.29 is 18.7 Å². The van der Waals surface area contributed by atoms with Crippen molar-refractivity contribution in [3.8, 4) is 11.5 Å². The number of hydrogen-bond donors (Lipinski definition) is 1. The van der Waals surface area contributed by atoms with Crippen molar-refractivity contribution in [1.29, 1.82) is 0 Å². The lowest BCUT2D eigenvalue weighted by Crippen LogP contribution is -2.13. The van der Waals surface area contributed by atoms with Crippen LogP contribution in [0, 0.1) is 16.3 Å². The van der Waals surface area contributed by atoms with E-state index in [0.717, 1.165) is 9.99 Å². The van der Waals surface area contributed by atoms with Crippen LogP contribution in [0.5, 0.6) is 11.5 Å². The van der Waals surface area contributed by atoms with E-state index < -0.39 is 0 Å². The topological polar surface area (TPSA) is 47.6 Å². The summed E-state index contributed by atoms with van der Waals surface area (Å²) in [4.78, 5) is 12.5. The van der Waals surface area contributed by atoms with E-state index in [0.29, 0.717) is 34.9 Å². The molecule has 0 spiro atoms. The molecule has 0 aliphatic carbocycles. The Hall–Kier alpha value is -1.83. The number of benzene rings is 2. The SMILES string of the molecule is CCCOc1c(I)cc(C(=O)Nc2ccc(F)c(C)c2)cc1OC. The Morgan fingerprint density at radius 2 is 2.04 bits per heavy atom. The molecular weight excluding hydrogens is 424 g/mol. The summed E-state index contributed by atoms with van der Waals surface area (Å²) in [6.07, 6.45) is 0.880. The Kier molecular flexibility index (Phi) is 6.42. The van der Waals surface area contributed by atoms with Gasteiger partial charge in [0.25, 0.3) is 5.91 Å². The smallest absolute Gasteiger partial charge is 0.255 e. The predicted molar refractivity (Wildman–Crippen MR) is 101 cm³/mol. The van der Waals surface area contributed by atoms with Gasteiger partial charge in [-0.3, -0.25) is 4.79 Å². The minimum absolute atomic E-state index is 0.292. The molecule has 0 unspecified atom stereocenters. The van der Waals surface area contributed by atoms with E-state index in [1.54, 1.807) is 25.1 Å². The molecule has 0 fully saturated rings. The molecule has 0 saturated heterocycles. The second-order valence-electron chi connectivity index (χ2n) is 5.26. The molecule has 0 atom stereocenters. The lowest BCUT2D eigenvalue weighted by Gasteiger charge is -2.14. The summed E-state index contributed by atoms with van der Waals surface area (Å²) < 4.78 is 25.1. The molecule has 24 heavy (non-hydrogen) atoms. The number of amides is 1. The summed E-state index contributed by atoms with van der Waals surface area (Å²) in [6, 6.07) is 7.82. The molecule has 2 aromatic rings. The van der Waals surface area contributed by atoms with Crippen molar-refractivity contribution in [2.75, 3.05) is 19.0 Å². The fourth-order valence-electron chi connectivity index (χ4n) is 2.12. The van der Waals surface area contributed by atoms with Crippen LogP contribution < -0.4 is 14.8 Å². The molecule has 128 valence electrons. The van der Waals surface area contributed by atoms with Gasteiger partial charge in [0, 0.05) is 11.3 Å². The molecular formula is C18H19FINO3. The number of halogens is 2. The Labute approximate surface area is 154 Å². The lowest BCUT2D eigenvalue weighted by atomic mass is 10.1. The summed E-state index contributed by atoms with van der Waals surface area (Å²) in [7, 11) is 1.54. The highest BCUT2D eigenvalue weighted by molar-refractivity contribution is 14.1. The van der Waals surface area contributed by atoms with Crippen molar-refractivity contribution in [2.45, 2.75) is 20.3 Å². The number of carbonyl (C=O) groups excluding carboxylic acids is 1. The first-order chi connectivity index (χ1) is 11.5. The molecule has 0 aliphatic rings. The third-order valence-electron chi connectivity index (χ3n) is 3.36. The number of nitrogens with one attached hydrogen (secondary N) is 1. The number of hydrogen-bond acceptors (Lipinski definition) is 3. The molecule has 0 heterocycles. The Balaban J connectivity index is 2.25. The van der Waals surface area contributed by atoms with Crippen LogP contribution in [0.4, 0.5) is 10.1 Å². The average Bonchev–Trinajstić information content (AvgIpc) is 2.56. The zero-order valence-corrected chi connectivity index (χ0v) is 15.9. The van der Waals surface area contributed by atoms with Gasteiger partial charge in [0.05, 0.1) is 17.3 Å². The minimum atomic E-state index is -0.304. The second kappa shape index (κ2) is 8.32. The molecule has 4 nitrogen and oxygen atoms in total. The first-order valence-corrected chi connectivity index (χ1v) is 8.62. The molecule has 0 bridgehead atoms. The fraction of sp³-hybridized carbons (Fsp3) is 0.278. The van der Waals surface area contributed by atoms with Gasteiger partial charge in [0.1, 0.15) is 5.82 Å². The van der Waals surface area contributed by atoms with Crippen molar-refractivity contribution in [1.82, 2.24) is 0 Å². The number of ether oxygens (including phenoxy) is 2. The van der Waals surface area contributed by atoms with Crippen molar-refractivity contribution >= 4 is 34.2 Å². The summed E-state index contributed by atoms with van der Waals surface area (Å²) in [5.41, 5.74) is 1.46. The molecule has 6 heteroatoms. The standard InChI is InChI=1S/C18H19FINO3/c1-4-7-24-17-15(20)9-12(10-16(17)23-3)18(22)21-13-5-6-14(19)11(2)8-13/h5-6,8-10H,4,7H2,1-3H3,(H,21,22). The summed E-state index contributed by atoms with van der Waals surface area (Å²) in [5, 5.41) is 2.76. The lowest BCUT2D eigenvalue weighted by molar-refractivity contribution is 0.102. The first-order valence-electron chi connectivity index (χ1n) is 7.54. The number of aryl methyl sites for hydroxylation is 1. The number of methoxy groups -OCH3 is 1. The van der Waals surface area contributed by atoms with Crippen molar-refractivity contribution in [2.24, 2.45) is 0 Å². The van der Waals surface area contributed by atoms with E-state index in [2.05, 4.69) is 27.9 Å². The van der Waals surface area contributed by atoms with E-state index >= 15 is 0 Å². The molecule has 0 aromatic heterocycles. The van der Waals surface area contributed by atoms with Crippen molar-refractivity contribution in [3.63, 3.8) is 0 Å². The first kappa shape index (κ1) is 18.5. The van der Waals surface area contributed by atoms with Crippen LogP contribution in [-0.2, 0) is 0 Å². The van der Waals surface area contributed by atoms with Crippen molar-refractivity contribution in [3.05, 3.63) is 50.8 Å². The van der Waals surface area contributed by atoms with Gasteiger partial charge in [-0.15, -0.1) is 0 Å². The second-order valence-corrected chi connectivity index (χ2v) is 6.42. The maximum absolute atomic E-state index is 13.3. The zero-order chi connectivity index (χ0) is 17.7. The highest BCUT2D eigenvalue weighted by atomic mass is 127. The molecule has 1 N–H and O–H groups in total.